The van der Waals surface area contributed by atoms with Crippen LogP contribution >= 0.6 is 21.4 Å². The van der Waals surface area contributed by atoms with E-state index >= 15 is 0 Å². The van der Waals surface area contributed by atoms with Gasteiger partial charge in [0.25, 0.3) is 5.91 Å². The molecule has 11 rings (SSSR count). The molecule has 2 saturated carbocycles. The van der Waals surface area contributed by atoms with Gasteiger partial charge in [0.05, 0.1) is 42.2 Å². The standard InChI is InChI=1S/C19H28NO3P.C18H28NO2P.C16H25N.C15H24NO2P.C11H16O/c1-19(2,3)16-8-5-14(13-17(16)23-4)18(21)20-9-11-24(22,12-10-20)15-6-7-15;1-18(2,3)16-8-5-14(13-17(16)21-4)19-9-11-22(20,12-10-19)15-6-7-15;1-16(2,3)15-7-5-13(6-8-15)14-9-11-17(4)12-10-14;1-15(2,3)13-6-5-12(11-14(13)18-4)19(17)9-7-16-8-10-19;1-11(2,3)10-6-4-9(8-12)5-7-10/h5,8,13,15H,6-7,9-12H2,1-4H3;5,8,13,15H,6-7,9-12H2,1-4H3;5-8,14H,9-12H2,1-4H3;5-6,11,16H,7-10H2,1-4H3;4-7,12H,8H2,1-3H3. The minimum absolute atomic E-state index is 0.0239. The first-order chi connectivity index (χ1) is 43.9. The second-order valence-corrected chi connectivity index (χ2v) is 42.9. The summed E-state index contributed by atoms with van der Waals surface area (Å²) in [7, 11) is 1.21. The fourth-order valence-corrected chi connectivity index (χ4v) is 22.2. The van der Waals surface area contributed by atoms with Crippen LogP contribution in [0, 0.1) is 0 Å². The zero-order valence-corrected chi connectivity index (χ0v) is 64.1. The SMILES string of the molecule is CC(C)(C)c1ccc(CO)cc1.CN1CCC(c2ccc(C(C)(C)C)cc2)CC1.COc1cc(C(=O)N2CCP(=O)(C3CC3)CC2)ccc1C(C)(C)C.COc1cc(N2CCP(=O)(C3CC3)CC2)ccc1C(C)(C)C.COc1cc(P2(=O)CCNCC2)ccc1C(C)(C)C. The third-order valence-electron chi connectivity index (χ3n) is 20.1. The number of ether oxygens (including phenoxy) is 3. The van der Waals surface area contributed by atoms with E-state index in [1.807, 2.05) is 47.4 Å². The third-order valence-corrected chi connectivity index (χ3v) is 30.7. The molecule has 5 aromatic rings. The molecule has 4 heterocycles. The number of piperidine rings is 1. The highest BCUT2D eigenvalue weighted by Crippen LogP contribution is 2.63. The molecule has 6 fully saturated rings. The summed E-state index contributed by atoms with van der Waals surface area (Å²) in [6.07, 6.45) is 11.9. The van der Waals surface area contributed by atoms with E-state index in [1.54, 1.807) is 21.3 Å². The van der Waals surface area contributed by atoms with Crippen molar-refractivity contribution in [2.24, 2.45) is 0 Å². The summed E-state index contributed by atoms with van der Waals surface area (Å²) in [6.45, 7) is 40.3. The second-order valence-electron chi connectivity index (χ2n) is 32.6. The zero-order valence-electron chi connectivity index (χ0n) is 61.4. The number of aliphatic hydroxyl groups is 1. The number of amides is 1. The summed E-state index contributed by atoms with van der Waals surface area (Å²) in [6, 6.07) is 35.8. The molecule has 0 unspecified atom stereocenters. The normalized spacial score (nSPS) is 19.3. The van der Waals surface area contributed by atoms with Gasteiger partial charge in [-0.3, -0.25) is 4.79 Å². The number of methoxy groups -OCH3 is 3. The molecule has 6 aliphatic rings. The van der Waals surface area contributed by atoms with Crippen molar-refractivity contribution in [3.8, 4) is 17.2 Å². The Morgan fingerprint density at radius 3 is 1.33 bits per heavy atom. The predicted molar refractivity (Wildman–Crippen MR) is 399 cm³/mol. The molecule has 5 aromatic carbocycles. The largest absolute Gasteiger partial charge is 0.496 e. The number of hydrogen-bond donors (Lipinski definition) is 2. The number of carbonyl (C=O) groups is 1. The lowest BCUT2D eigenvalue weighted by Gasteiger charge is -2.34. The van der Waals surface area contributed by atoms with Crippen molar-refractivity contribution in [3.63, 3.8) is 0 Å². The highest BCUT2D eigenvalue weighted by molar-refractivity contribution is 7.71. The number of benzene rings is 5. The fraction of sp³-hybridized carbons (Fsp3) is 0.608. The van der Waals surface area contributed by atoms with Crippen molar-refractivity contribution in [2.45, 2.75) is 193 Å². The van der Waals surface area contributed by atoms with Crippen molar-refractivity contribution >= 4 is 38.3 Å². The molecule has 2 aliphatic carbocycles. The first-order valence-corrected chi connectivity index (χ1v) is 41.4. The van der Waals surface area contributed by atoms with Crippen molar-refractivity contribution < 1.29 is 37.8 Å². The molecule has 0 atom stereocenters. The maximum atomic E-state index is 13.0. The lowest BCUT2D eigenvalue weighted by molar-refractivity contribution is 0.0769. The maximum absolute atomic E-state index is 13.0. The Morgan fingerprint density at radius 2 is 0.904 bits per heavy atom. The van der Waals surface area contributed by atoms with Crippen LogP contribution in [0.3, 0.4) is 0 Å². The fourth-order valence-electron chi connectivity index (χ4n) is 13.3. The highest BCUT2D eigenvalue weighted by atomic mass is 31.2. The molecule has 4 saturated heterocycles. The van der Waals surface area contributed by atoms with E-state index in [-0.39, 0.29) is 39.6 Å². The number of likely N-dealkylation sites (tertiary alicyclic amines) is 1. The van der Waals surface area contributed by atoms with E-state index < -0.39 is 21.4 Å². The lowest BCUT2D eigenvalue weighted by atomic mass is 9.84. The van der Waals surface area contributed by atoms with Gasteiger partial charge >= 0.3 is 0 Å². The van der Waals surface area contributed by atoms with Gasteiger partial charge in [0.15, 0.2) is 0 Å². The average Bonchev–Trinajstić information content (AvgIpc) is 1.34. The molecule has 4 aliphatic heterocycles. The molecule has 94 heavy (non-hydrogen) atoms. The van der Waals surface area contributed by atoms with Gasteiger partial charge in [-0.1, -0.05) is 177 Å². The summed E-state index contributed by atoms with van der Waals surface area (Å²) in [4.78, 5) is 19.5. The molecule has 12 nitrogen and oxygen atoms in total. The van der Waals surface area contributed by atoms with Gasteiger partial charge in [-0.2, -0.15) is 0 Å². The average molecular weight is 1350 g/mol. The van der Waals surface area contributed by atoms with Crippen LogP contribution in [0.15, 0.2) is 103 Å². The maximum Gasteiger partial charge on any atom is 0.254 e. The lowest BCUT2D eigenvalue weighted by Crippen LogP contribution is -2.40. The van der Waals surface area contributed by atoms with Crippen LogP contribution in [0.2, 0.25) is 0 Å². The van der Waals surface area contributed by atoms with E-state index in [1.165, 1.54) is 72.3 Å². The number of hydrogen-bond acceptors (Lipinski definition) is 11. The van der Waals surface area contributed by atoms with Crippen LogP contribution in [0.25, 0.3) is 0 Å². The van der Waals surface area contributed by atoms with E-state index in [0.29, 0.717) is 42.3 Å². The van der Waals surface area contributed by atoms with Crippen LogP contribution in [0.1, 0.15) is 198 Å². The molecule has 0 radical (unpaired) electrons. The van der Waals surface area contributed by atoms with Gasteiger partial charge in [-0.25, -0.2) is 0 Å². The van der Waals surface area contributed by atoms with Crippen LogP contribution < -0.4 is 29.7 Å². The number of aliphatic hydroxyl groups excluding tert-OH is 1. The minimum Gasteiger partial charge on any atom is -0.496 e. The Morgan fingerprint density at radius 1 is 0.489 bits per heavy atom. The van der Waals surface area contributed by atoms with Crippen LogP contribution in [0.5, 0.6) is 17.2 Å². The molecule has 0 spiro atoms. The van der Waals surface area contributed by atoms with Crippen molar-refractivity contribution in [1.82, 2.24) is 15.1 Å². The van der Waals surface area contributed by atoms with E-state index in [0.717, 1.165) is 103 Å². The van der Waals surface area contributed by atoms with Crippen molar-refractivity contribution in [2.75, 3.05) is 123 Å². The Labute approximate surface area is 569 Å². The quantitative estimate of drug-likeness (QED) is 0.129. The summed E-state index contributed by atoms with van der Waals surface area (Å²) in [5, 5.41) is 13.1. The van der Waals surface area contributed by atoms with Gasteiger partial charge in [-0.15, -0.1) is 0 Å². The molecule has 1 amide bonds. The summed E-state index contributed by atoms with van der Waals surface area (Å²) in [5.41, 5.74) is 12.2. The van der Waals surface area contributed by atoms with Crippen molar-refractivity contribution in [3.05, 3.63) is 148 Å². The molecule has 2 N–H and O–H groups in total. The van der Waals surface area contributed by atoms with Crippen LogP contribution in [-0.4, -0.2) is 150 Å². The molecule has 520 valence electrons. The number of nitrogens with one attached hydrogen (secondary N) is 1. The van der Waals surface area contributed by atoms with Crippen LogP contribution in [0.4, 0.5) is 5.69 Å². The van der Waals surface area contributed by atoms with E-state index in [2.05, 4.69) is 187 Å². The van der Waals surface area contributed by atoms with Gasteiger partial charge in [0.1, 0.15) is 24.4 Å². The number of nitrogens with zero attached hydrogens (tertiary/aromatic N) is 3. The van der Waals surface area contributed by atoms with Gasteiger partial charge in [-0.05, 0) is 155 Å². The zero-order chi connectivity index (χ0) is 69.2. The smallest absolute Gasteiger partial charge is 0.254 e. The number of carbonyl (C=O) groups excluding carboxylic acids is 1. The summed E-state index contributed by atoms with van der Waals surface area (Å²) < 4.78 is 55.2. The molecule has 0 bridgehead atoms. The monoisotopic (exact) mass is 1350 g/mol. The Bertz CT molecular complexity index is 3390. The van der Waals surface area contributed by atoms with Crippen molar-refractivity contribution in [1.29, 1.82) is 0 Å². The summed E-state index contributed by atoms with van der Waals surface area (Å²) >= 11 is 0. The van der Waals surface area contributed by atoms with E-state index in [4.69, 9.17) is 19.3 Å². The topological polar surface area (TPSA) is 138 Å². The molecule has 0 aromatic heterocycles. The van der Waals surface area contributed by atoms with Gasteiger partial charge in [0.2, 0.25) is 0 Å². The summed E-state index contributed by atoms with van der Waals surface area (Å²) in [5.74, 6) is 3.38. The van der Waals surface area contributed by atoms with E-state index in [9.17, 15) is 18.5 Å². The number of rotatable bonds is 10. The molecular formula is C79H121N4O8P3. The van der Waals surface area contributed by atoms with Crippen LogP contribution in [-0.2, 0) is 47.4 Å². The Kier molecular flexibility index (Phi) is 26.0. The van der Waals surface area contributed by atoms with Gasteiger partial charge in [0, 0.05) is 110 Å². The Balaban J connectivity index is 0.000000169. The molecule has 15 heteroatoms. The minimum atomic E-state index is -2.22. The molecular weight excluding hydrogens is 1230 g/mol. The predicted octanol–water partition coefficient (Wildman–Crippen LogP) is 17.2. The second kappa shape index (κ2) is 31.9. The third kappa shape index (κ3) is 20.9. The van der Waals surface area contributed by atoms with Gasteiger partial charge < -0.3 is 53.0 Å². The first kappa shape index (κ1) is 76.7. The number of anilines is 1. The Hall–Kier alpha value is -4.66. The highest BCUT2D eigenvalue weighted by Gasteiger charge is 2.44. The first-order valence-electron chi connectivity index (χ1n) is 35.0.